The third kappa shape index (κ3) is 7.31. The number of fused-ring (bicyclic) bond motifs is 9. The molecule has 0 aromatic heterocycles. The Kier molecular flexibility index (Phi) is 11.5. The van der Waals surface area contributed by atoms with Crippen LogP contribution in [0.3, 0.4) is 0 Å². The molecule has 5 aliphatic heterocycles. The maximum absolute atomic E-state index is 13.8. The number of benzene rings is 3. The molecule has 3 unspecified atom stereocenters. The van der Waals surface area contributed by atoms with Crippen LogP contribution in [0.1, 0.15) is 63.2 Å². The van der Waals surface area contributed by atoms with Gasteiger partial charge < -0.3 is 33.7 Å². The lowest BCUT2D eigenvalue weighted by atomic mass is 9.71. The van der Waals surface area contributed by atoms with Gasteiger partial charge in [-0.25, -0.2) is 9.59 Å². The normalized spacial score (nSPS) is 25.1. The summed E-state index contributed by atoms with van der Waals surface area (Å²) in [5.41, 5.74) is 3.94. The number of alkyl halides is 3. The number of carbonyl (C=O) groups excluding carboxylic acids is 4. The Hall–Kier alpha value is -6.03. The fraction of sp³-hybridized carbons (Fsp3) is 0.386. The van der Waals surface area contributed by atoms with E-state index in [0.717, 1.165) is 22.9 Å². The maximum Gasteiger partial charge on any atom is 0.471 e. The Morgan fingerprint density at radius 2 is 1.79 bits per heavy atom. The molecule has 62 heavy (non-hydrogen) atoms. The lowest BCUT2D eigenvalue weighted by Crippen LogP contribution is -2.70. The van der Waals surface area contributed by atoms with Gasteiger partial charge in [-0.1, -0.05) is 42.5 Å². The predicted molar refractivity (Wildman–Crippen MR) is 217 cm³/mol. The van der Waals surface area contributed by atoms with Crippen LogP contribution >= 0.6 is 11.8 Å². The van der Waals surface area contributed by atoms with Crippen molar-refractivity contribution >= 4 is 41.7 Å². The third-order valence-electron chi connectivity index (χ3n) is 11.8. The first kappa shape index (κ1) is 42.7. The molecule has 18 heteroatoms. The second-order valence-corrected chi connectivity index (χ2v) is 16.5. The van der Waals surface area contributed by atoms with Gasteiger partial charge in [-0.15, -0.1) is 18.3 Å². The van der Waals surface area contributed by atoms with Crippen LogP contribution in [0.4, 0.5) is 13.2 Å². The van der Waals surface area contributed by atoms with Crippen LogP contribution in [0.25, 0.3) is 6.08 Å². The minimum absolute atomic E-state index is 0.0998. The third-order valence-corrected chi connectivity index (χ3v) is 13.2. The molecule has 1 N–H and O–H groups in total. The molecule has 2 saturated heterocycles. The summed E-state index contributed by atoms with van der Waals surface area (Å²) in [4.78, 5) is 56.8. The van der Waals surface area contributed by atoms with E-state index >= 15 is 0 Å². The first-order valence-electron chi connectivity index (χ1n) is 19.7. The van der Waals surface area contributed by atoms with Crippen LogP contribution in [0.5, 0.6) is 28.7 Å². The van der Waals surface area contributed by atoms with Gasteiger partial charge in [0.05, 0.1) is 30.5 Å². The summed E-state index contributed by atoms with van der Waals surface area (Å²) >= 11 is 1.01. The SMILES string of the molecule is C=CCN1C2Cc3cc(C)c(OC)c(OC(=O)C=Cc4ccccc4)c3[C@@H]1C1[C@@H]3SCC(NC(=O)C(F)(F)F)C(=O)OC[C@@H](c4c5c(c(C)c(OC(C)=O)c43)OCO5)N1[C@H]2C#N. The molecule has 5 heterocycles. The van der Waals surface area contributed by atoms with Gasteiger partial charge >= 0.3 is 30.0 Å². The van der Waals surface area contributed by atoms with Crippen molar-refractivity contribution in [2.75, 3.05) is 32.8 Å². The van der Waals surface area contributed by atoms with Gasteiger partial charge in [0.15, 0.2) is 23.0 Å². The quantitative estimate of drug-likeness (QED) is 0.126. The minimum atomic E-state index is -5.31. The molecule has 1 amide bonds. The molecule has 3 aromatic rings. The summed E-state index contributed by atoms with van der Waals surface area (Å²) in [6.07, 6.45) is -0.414. The van der Waals surface area contributed by atoms with E-state index in [-0.39, 0.29) is 42.1 Å². The number of rotatable bonds is 8. The molecule has 8 rings (SSSR count). The van der Waals surface area contributed by atoms with Crippen LogP contribution in [0, 0.1) is 25.2 Å². The van der Waals surface area contributed by atoms with Crippen molar-refractivity contribution in [3.05, 3.63) is 94.1 Å². The highest BCUT2D eigenvalue weighted by Crippen LogP contribution is 2.64. The summed E-state index contributed by atoms with van der Waals surface area (Å²) in [6, 6.07) is 7.69. The van der Waals surface area contributed by atoms with Gasteiger partial charge in [-0.2, -0.15) is 18.4 Å². The molecule has 324 valence electrons. The average molecular weight is 875 g/mol. The Balaban J connectivity index is 1.39. The second kappa shape index (κ2) is 16.7. The molecule has 5 aliphatic rings. The largest absolute Gasteiger partial charge is 0.493 e. The molecule has 0 saturated carbocycles. The van der Waals surface area contributed by atoms with Crippen LogP contribution < -0.4 is 29.0 Å². The zero-order valence-electron chi connectivity index (χ0n) is 33.9. The summed E-state index contributed by atoms with van der Waals surface area (Å²) in [7, 11) is 1.45. The number of hydrogen-bond acceptors (Lipinski definition) is 14. The van der Waals surface area contributed by atoms with E-state index in [0.29, 0.717) is 34.2 Å². The molecule has 0 aliphatic carbocycles. The van der Waals surface area contributed by atoms with Crippen molar-refractivity contribution in [1.82, 2.24) is 15.1 Å². The smallest absolute Gasteiger partial charge is 0.471 e. The Morgan fingerprint density at radius 3 is 2.47 bits per heavy atom. The number of ether oxygens (including phenoxy) is 6. The van der Waals surface area contributed by atoms with E-state index < -0.39 is 83.9 Å². The molecule has 7 atom stereocenters. The first-order valence-corrected chi connectivity index (χ1v) is 20.7. The number of nitrogens with one attached hydrogen (secondary N) is 1. The van der Waals surface area contributed by atoms with Gasteiger partial charge in [-0.05, 0) is 43.0 Å². The number of halogens is 3. The zero-order chi connectivity index (χ0) is 44.2. The van der Waals surface area contributed by atoms with Crippen molar-refractivity contribution in [2.24, 2.45) is 0 Å². The lowest BCUT2D eigenvalue weighted by molar-refractivity contribution is -0.176. The van der Waals surface area contributed by atoms with Crippen molar-refractivity contribution in [3.63, 3.8) is 0 Å². The highest BCUT2D eigenvalue weighted by atomic mass is 32.2. The molecule has 0 radical (unpaired) electrons. The van der Waals surface area contributed by atoms with E-state index in [9.17, 15) is 37.6 Å². The van der Waals surface area contributed by atoms with E-state index in [1.54, 1.807) is 24.4 Å². The van der Waals surface area contributed by atoms with E-state index in [1.807, 2.05) is 48.2 Å². The Labute approximate surface area is 358 Å². The summed E-state index contributed by atoms with van der Waals surface area (Å²) in [5.74, 6) is -4.24. The summed E-state index contributed by atoms with van der Waals surface area (Å²) < 4.78 is 77.0. The number of esters is 3. The van der Waals surface area contributed by atoms with Gasteiger partial charge in [0, 0.05) is 59.6 Å². The number of nitrogens with zero attached hydrogens (tertiary/aromatic N) is 3. The van der Waals surface area contributed by atoms with Crippen molar-refractivity contribution in [3.8, 4) is 34.8 Å². The monoisotopic (exact) mass is 874 g/mol. The number of amides is 1. The lowest BCUT2D eigenvalue weighted by Gasteiger charge is -2.62. The number of piperazine rings is 1. The van der Waals surface area contributed by atoms with Gasteiger partial charge in [0.25, 0.3) is 0 Å². The van der Waals surface area contributed by atoms with Crippen LogP contribution in [0.2, 0.25) is 0 Å². The maximum atomic E-state index is 13.8. The fourth-order valence-corrected chi connectivity index (χ4v) is 11.0. The van der Waals surface area contributed by atoms with Crippen molar-refractivity contribution in [2.45, 2.75) is 74.9 Å². The number of carbonyl (C=O) groups is 4. The molecule has 3 aromatic carbocycles. The number of methoxy groups -OCH3 is 1. The van der Waals surface area contributed by atoms with Crippen molar-refractivity contribution in [1.29, 1.82) is 5.26 Å². The molecule has 2 fully saturated rings. The number of hydrogen-bond donors (Lipinski definition) is 1. The van der Waals surface area contributed by atoms with Gasteiger partial charge in [0.2, 0.25) is 6.79 Å². The standard InChI is InChI=1S/C44H41F3N4O10S/c1-6-14-50-27-16-25-15-21(2)36(56-5)40(61-30(53)13-12-24-10-8-7-9-11-24)31(25)34(50)35-41-33-32(39-38(58-20-59-39)22(3)37(33)60-23(4)52)29(51(35)28(27)17-48)18-57-42(54)26(19-62-41)49-43(55)44(45,46)47/h6-13,15,26-29,34-35,41H,1,14,16,18-20H2,2-5H3,(H,49,55)/t26?,27?,28-,29-,34+,35?,41+/m0/s1. The van der Waals surface area contributed by atoms with Gasteiger partial charge in [0.1, 0.15) is 24.4 Å². The van der Waals surface area contributed by atoms with E-state index in [1.165, 1.54) is 20.1 Å². The molecular weight excluding hydrogens is 834 g/mol. The van der Waals surface area contributed by atoms with Gasteiger partial charge in [-0.3, -0.25) is 19.4 Å². The van der Waals surface area contributed by atoms with Crippen LogP contribution in [-0.2, 0) is 30.3 Å². The van der Waals surface area contributed by atoms with E-state index in [2.05, 4.69) is 17.5 Å². The predicted octanol–water partition coefficient (Wildman–Crippen LogP) is 5.75. The highest BCUT2D eigenvalue weighted by molar-refractivity contribution is 7.99. The van der Waals surface area contributed by atoms with E-state index in [4.69, 9.17) is 28.4 Å². The second-order valence-electron chi connectivity index (χ2n) is 15.4. The topological polar surface area (TPSA) is 166 Å². The fourth-order valence-electron chi connectivity index (χ4n) is 9.50. The summed E-state index contributed by atoms with van der Waals surface area (Å²) in [6.45, 7) is 8.26. The molecule has 0 spiro atoms. The Morgan fingerprint density at radius 1 is 1.05 bits per heavy atom. The highest BCUT2D eigenvalue weighted by Gasteiger charge is 2.61. The molecular formula is C44H41F3N4O10S. The minimum Gasteiger partial charge on any atom is -0.493 e. The van der Waals surface area contributed by atoms with Crippen LogP contribution in [0.15, 0.2) is 55.1 Å². The summed E-state index contributed by atoms with van der Waals surface area (Å²) in [5, 5.41) is 12.1. The zero-order valence-corrected chi connectivity index (χ0v) is 34.8. The van der Waals surface area contributed by atoms with Crippen molar-refractivity contribution < 1.29 is 60.8 Å². The van der Waals surface area contributed by atoms with Crippen LogP contribution in [-0.4, -0.2) is 96.8 Å². The molecule has 14 nitrogen and oxygen atoms in total. The average Bonchev–Trinajstić information content (AvgIpc) is 3.73. The Bertz CT molecular complexity index is 2440. The number of aryl methyl sites for hydroxylation is 1. The number of thioether (sulfide) groups is 1. The first-order chi connectivity index (χ1) is 29.7. The number of cyclic esters (lactones) is 1. The molecule has 4 bridgehead atoms. The number of nitriles is 1.